The van der Waals surface area contributed by atoms with E-state index in [4.69, 9.17) is 4.74 Å². The van der Waals surface area contributed by atoms with E-state index in [-0.39, 0.29) is 24.0 Å². The van der Waals surface area contributed by atoms with E-state index in [0.717, 1.165) is 0 Å². The van der Waals surface area contributed by atoms with Gasteiger partial charge in [0, 0.05) is 17.6 Å². The van der Waals surface area contributed by atoms with E-state index in [2.05, 4.69) is 10.6 Å². The maximum absolute atomic E-state index is 12.6. The fourth-order valence-corrected chi connectivity index (χ4v) is 3.67. The number of hydrogen-bond acceptors (Lipinski definition) is 5. The first-order valence-electron chi connectivity index (χ1n) is 8.83. The fourth-order valence-electron chi connectivity index (χ4n) is 2.53. The number of carbonyl (C=O) groups excluding carboxylic acids is 3. The Kier molecular flexibility index (Phi) is 9.71. The quantitative estimate of drug-likeness (QED) is 0.582. The molecule has 0 radical (unpaired) electrons. The van der Waals surface area contributed by atoms with Crippen molar-refractivity contribution in [1.29, 1.82) is 0 Å². The average Bonchev–Trinajstić information content (AvgIpc) is 2.63. The molecule has 2 N–H and O–H groups in total. The molecule has 0 aromatic heterocycles. The van der Waals surface area contributed by atoms with Crippen LogP contribution in [0.4, 0.5) is 0 Å². The predicted molar refractivity (Wildman–Crippen MR) is 103 cm³/mol. The predicted octanol–water partition coefficient (Wildman–Crippen LogP) is 1.39. The second kappa shape index (κ2) is 11.5. The van der Waals surface area contributed by atoms with Crippen LogP contribution in [0.15, 0.2) is 35.2 Å². The van der Waals surface area contributed by atoms with Gasteiger partial charge in [0.05, 0.1) is 17.9 Å². The number of hydrogen-bond donors (Lipinski definition) is 2. The zero-order chi connectivity index (χ0) is 20.4. The molecule has 1 rings (SSSR count). The van der Waals surface area contributed by atoms with E-state index in [1.165, 1.54) is 14.0 Å². The van der Waals surface area contributed by atoms with Crippen molar-refractivity contribution in [3.05, 3.63) is 30.3 Å². The van der Waals surface area contributed by atoms with Gasteiger partial charge in [-0.25, -0.2) is 4.79 Å². The Morgan fingerprint density at radius 1 is 1.07 bits per heavy atom. The van der Waals surface area contributed by atoms with Crippen molar-refractivity contribution in [2.45, 2.75) is 50.6 Å². The van der Waals surface area contributed by atoms with Gasteiger partial charge in [0.2, 0.25) is 11.8 Å². The molecule has 2 amide bonds. The Hall–Kier alpha value is -2.22. The molecule has 0 saturated heterocycles. The number of amides is 2. The molecule has 0 bridgehead atoms. The number of esters is 1. The van der Waals surface area contributed by atoms with Crippen LogP contribution in [0.1, 0.15) is 33.6 Å². The van der Waals surface area contributed by atoms with E-state index in [1.807, 2.05) is 19.9 Å². The van der Waals surface area contributed by atoms with Crippen LogP contribution in [0.5, 0.6) is 0 Å². The van der Waals surface area contributed by atoms with Crippen LogP contribution >= 0.6 is 0 Å². The average molecular weight is 397 g/mol. The molecule has 3 atom stereocenters. The van der Waals surface area contributed by atoms with Crippen molar-refractivity contribution >= 4 is 28.6 Å². The van der Waals surface area contributed by atoms with Gasteiger partial charge >= 0.3 is 5.97 Å². The molecule has 0 unspecified atom stereocenters. The Bertz CT molecular complexity index is 663. The summed E-state index contributed by atoms with van der Waals surface area (Å²) in [6.45, 7) is 5.20. The van der Waals surface area contributed by atoms with Gasteiger partial charge < -0.3 is 15.4 Å². The van der Waals surface area contributed by atoms with E-state index < -0.39 is 34.8 Å². The van der Waals surface area contributed by atoms with Crippen LogP contribution in [-0.4, -0.2) is 46.9 Å². The van der Waals surface area contributed by atoms with Gasteiger partial charge in [-0.3, -0.25) is 13.8 Å². The van der Waals surface area contributed by atoms with Gasteiger partial charge in [0.1, 0.15) is 12.1 Å². The highest BCUT2D eigenvalue weighted by molar-refractivity contribution is 7.85. The molecule has 0 spiro atoms. The van der Waals surface area contributed by atoms with Crippen LogP contribution in [0.2, 0.25) is 0 Å². The molecule has 0 aliphatic carbocycles. The first-order valence-corrected chi connectivity index (χ1v) is 10.1. The van der Waals surface area contributed by atoms with Crippen LogP contribution < -0.4 is 10.6 Å². The van der Waals surface area contributed by atoms with Crippen molar-refractivity contribution in [3.8, 4) is 0 Å². The summed E-state index contributed by atoms with van der Waals surface area (Å²) in [5.41, 5.74) is 0. The second-order valence-electron chi connectivity index (χ2n) is 6.62. The fraction of sp³-hybridized carbons (Fsp3) is 0.526. The summed E-state index contributed by atoms with van der Waals surface area (Å²) >= 11 is 0. The minimum Gasteiger partial charge on any atom is -0.467 e. The van der Waals surface area contributed by atoms with Gasteiger partial charge in [0.25, 0.3) is 0 Å². The lowest BCUT2D eigenvalue weighted by molar-refractivity contribution is -0.145. The molecule has 8 heteroatoms. The Balaban J connectivity index is 2.77. The third-order valence-electron chi connectivity index (χ3n) is 3.80. The van der Waals surface area contributed by atoms with Crippen molar-refractivity contribution in [3.63, 3.8) is 0 Å². The number of ether oxygens (including phenoxy) is 1. The van der Waals surface area contributed by atoms with Crippen molar-refractivity contribution in [1.82, 2.24) is 10.6 Å². The molecule has 0 aliphatic rings. The SMILES string of the molecule is COC(=O)[C@H](CC[S@@](=O)c1ccccc1)NC(=O)[C@H](CC(C)C)NC(C)=O. The van der Waals surface area contributed by atoms with Crippen LogP contribution in [0, 0.1) is 5.92 Å². The van der Waals surface area contributed by atoms with E-state index in [1.54, 1.807) is 24.3 Å². The summed E-state index contributed by atoms with van der Waals surface area (Å²) in [7, 11) is -0.0639. The third-order valence-corrected chi connectivity index (χ3v) is 5.21. The Morgan fingerprint density at radius 3 is 2.22 bits per heavy atom. The molecular weight excluding hydrogens is 368 g/mol. The number of benzene rings is 1. The Morgan fingerprint density at radius 2 is 1.70 bits per heavy atom. The second-order valence-corrected chi connectivity index (χ2v) is 8.19. The molecular formula is C19H28N2O5S. The molecule has 150 valence electrons. The van der Waals surface area contributed by atoms with E-state index in [9.17, 15) is 18.6 Å². The zero-order valence-electron chi connectivity index (χ0n) is 16.2. The highest BCUT2D eigenvalue weighted by atomic mass is 32.2. The summed E-state index contributed by atoms with van der Waals surface area (Å²) in [4.78, 5) is 36.6. The summed E-state index contributed by atoms with van der Waals surface area (Å²) in [5.74, 6) is -1.02. The minimum atomic E-state index is -1.30. The largest absolute Gasteiger partial charge is 0.467 e. The third kappa shape index (κ3) is 8.34. The van der Waals surface area contributed by atoms with Gasteiger partial charge in [-0.05, 0) is 30.9 Å². The standard InChI is InChI=1S/C19H28N2O5S/c1-13(2)12-17(20-14(3)22)18(23)21-16(19(24)26-4)10-11-27(25)15-8-6-5-7-9-15/h5-9,13,16-17H,10-12H2,1-4H3,(H,20,22)(H,21,23)/t16-,17-,27+/m0/s1. The van der Waals surface area contributed by atoms with Gasteiger partial charge in [-0.2, -0.15) is 0 Å². The molecule has 0 heterocycles. The zero-order valence-corrected chi connectivity index (χ0v) is 17.0. The van der Waals surface area contributed by atoms with Crippen LogP contribution in [0.25, 0.3) is 0 Å². The smallest absolute Gasteiger partial charge is 0.328 e. The molecule has 1 aromatic carbocycles. The number of nitrogens with one attached hydrogen (secondary N) is 2. The Labute approximate surface area is 162 Å². The minimum absolute atomic E-state index is 0.161. The molecule has 0 saturated carbocycles. The summed E-state index contributed by atoms with van der Waals surface area (Å²) in [5, 5.41) is 5.22. The van der Waals surface area contributed by atoms with E-state index >= 15 is 0 Å². The first-order chi connectivity index (χ1) is 12.7. The number of methoxy groups -OCH3 is 1. The summed E-state index contributed by atoms with van der Waals surface area (Å²) in [6.07, 6.45) is 0.601. The lowest BCUT2D eigenvalue weighted by Crippen LogP contribution is -2.52. The maximum Gasteiger partial charge on any atom is 0.328 e. The molecule has 1 aromatic rings. The maximum atomic E-state index is 12.6. The van der Waals surface area contributed by atoms with Gasteiger partial charge in [-0.15, -0.1) is 0 Å². The molecule has 7 nitrogen and oxygen atoms in total. The summed E-state index contributed by atoms with van der Waals surface area (Å²) in [6, 6.07) is 7.23. The first kappa shape index (κ1) is 22.8. The number of carbonyl (C=O) groups is 3. The summed E-state index contributed by atoms with van der Waals surface area (Å²) < 4.78 is 17.1. The highest BCUT2D eigenvalue weighted by Gasteiger charge is 2.27. The normalized spacial score (nSPS) is 14.1. The van der Waals surface area contributed by atoms with Crippen molar-refractivity contribution in [2.24, 2.45) is 5.92 Å². The highest BCUT2D eigenvalue weighted by Crippen LogP contribution is 2.10. The topological polar surface area (TPSA) is 102 Å². The van der Waals surface area contributed by atoms with Crippen LogP contribution in [0.3, 0.4) is 0 Å². The monoisotopic (exact) mass is 396 g/mol. The lowest BCUT2D eigenvalue weighted by atomic mass is 10.0. The van der Waals surface area contributed by atoms with Crippen molar-refractivity contribution in [2.75, 3.05) is 12.9 Å². The molecule has 27 heavy (non-hydrogen) atoms. The van der Waals surface area contributed by atoms with E-state index in [0.29, 0.717) is 11.3 Å². The lowest BCUT2D eigenvalue weighted by Gasteiger charge is -2.23. The van der Waals surface area contributed by atoms with Crippen molar-refractivity contribution < 1.29 is 23.3 Å². The molecule has 0 fully saturated rings. The van der Waals surface area contributed by atoms with Gasteiger partial charge in [0.15, 0.2) is 0 Å². The van der Waals surface area contributed by atoms with Gasteiger partial charge in [-0.1, -0.05) is 32.0 Å². The molecule has 0 aliphatic heterocycles. The van der Waals surface area contributed by atoms with Crippen LogP contribution in [-0.2, 0) is 29.9 Å². The number of rotatable bonds is 10.